The van der Waals surface area contributed by atoms with Crippen molar-refractivity contribution in [2.24, 2.45) is 0 Å². The molecule has 0 aromatic heterocycles. The first kappa shape index (κ1) is 16.8. The molecule has 24 heavy (non-hydrogen) atoms. The fraction of sp³-hybridized carbons (Fsp3) is 0.579. The van der Waals surface area contributed by atoms with Gasteiger partial charge in [0.15, 0.2) is 0 Å². The molecule has 0 saturated carbocycles. The van der Waals surface area contributed by atoms with Gasteiger partial charge in [-0.1, -0.05) is 12.1 Å². The Kier molecular flexibility index (Phi) is 5.38. The SMILES string of the molecule is COc1cccc(CCC(=O)N2CCC[C@H](N3CCCC3=O)C2)c1. The van der Waals surface area contributed by atoms with Crippen LogP contribution in [-0.4, -0.2) is 54.4 Å². The average Bonchev–Trinajstić information content (AvgIpc) is 3.06. The molecule has 2 fully saturated rings. The van der Waals surface area contributed by atoms with Crippen molar-refractivity contribution < 1.29 is 14.3 Å². The van der Waals surface area contributed by atoms with Crippen LogP contribution < -0.4 is 4.74 Å². The van der Waals surface area contributed by atoms with Crippen molar-refractivity contribution in [1.82, 2.24) is 9.80 Å². The van der Waals surface area contributed by atoms with Crippen LogP contribution in [0.2, 0.25) is 0 Å². The Morgan fingerprint density at radius 1 is 1.29 bits per heavy atom. The molecular weight excluding hydrogens is 304 g/mol. The molecule has 0 bridgehead atoms. The van der Waals surface area contributed by atoms with Gasteiger partial charge in [-0.25, -0.2) is 0 Å². The van der Waals surface area contributed by atoms with E-state index < -0.39 is 0 Å². The molecule has 5 nitrogen and oxygen atoms in total. The molecule has 0 unspecified atom stereocenters. The number of methoxy groups -OCH3 is 1. The highest BCUT2D eigenvalue weighted by Crippen LogP contribution is 2.22. The highest BCUT2D eigenvalue weighted by molar-refractivity contribution is 5.79. The fourth-order valence-electron chi connectivity index (χ4n) is 3.73. The molecule has 1 aromatic rings. The normalized spacial score (nSPS) is 21.2. The molecule has 1 atom stereocenters. The minimum absolute atomic E-state index is 0.189. The quantitative estimate of drug-likeness (QED) is 0.832. The second-order valence-electron chi connectivity index (χ2n) is 6.68. The summed E-state index contributed by atoms with van der Waals surface area (Å²) in [6, 6.07) is 8.09. The van der Waals surface area contributed by atoms with Crippen molar-refractivity contribution in [1.29, 1.82) is 0 Å². The second kappa shape index (κ2) is 7.69. The predicted octanol–water partition coefficient (Wildman–Crippen LogP) is 2.24. The number of piperidine rings is 1. The van der Waals surface area contributed by atoms with E-state index in [0.717, 1.165) is 50.1 Å². The maximum atomic E-state index is 12.6. The topological polar surface area (TPSA) is 49.9 Å². The molecule has 0 aliphatic carbocycles. The van der Waals surface area contributed by atoms with E-state index in [0.29, 0.717) is 19.4 Å². The third kappa shape index (κ3) is 3.89. The van der Waals surface area contributed by atoms with Crippen molar-refractivity contribution in [3.8, 4) is 5.75 Å². The van der Waals surface area contributed by atoms with Gasteiger partial charge in [-0.3, -0.25) is 9.59 Å². The molecule has 2 saturated heterocycles. The number of amides is 2. The van der Waals surface area contributed by atoms with Crippen LogP contribution in [0.1, 0.15) is 37.7 Å². The second-order valence-corrected chi connectivity index (χ2v) is 6.68. The zero-order chi connectivity index (χ0) is 16.9. The number of hydrogen-bond donors (Lipinski definition) is 0. The van der Waals surface area contributed by atoms with Crippen LogP contribution >= 0.6 is 0 Å². The van der Waals surface area contributed by atoms with Gasteiger partial charge in [-0.05, 0) is 43.4 Å². The Balaban J connectivity index is 1.53. The number of rotatable bonds is 5. The summed E-state index contributed by atoms with van der Waals surface area (Å²) in [5.74, 6) is 1.27. The fourth-order valence-corrected chi connectivity index (χ4v) is 3.73. The van der Waals surface area contributed by atoms with E-state index in [4.69, 9.17) is 4.74 Å². The maximum absolute atomic E-state index is 12.6. The molecular formula is C19H26N2O3. The van der Waals surface area contributed by atoms with Gasteiger partial charge in [0, 0.05) is 38.5 Å². The molecule has 2 aliphatic heterocycles. The molecule has 130 valence electrons. The lowest BCUT2D eigenvalue weighted by Gasteiger charge is -2.37. The van der Waals surface area contributed by atoms with Crippen LogP contribution in [0.15, 0.2) is 24.3 Å². The van der Waals surface area contributed by atoms with Crippen LogP contribution in [0, 0.1) is 0 Å². The molecule has 1 aromatic carbocycles. The number of benzene rings is 1. The van der Waals surface area contributed by atoms with Gasteiger partial charge in [0.2, 0.25) is 11.8 Å². The number of carbonyl (C=O) groups excluding carboxylic acids is 2. The Bertz CT molecular complexity index is 602. The van der Waals surface area contributed by atoms with E-state index in [1.54, 1.807) is 7.11 Å². The van der Waals surface area contributed by atoms with Gasteiger partial charge in [0.1, 0.15) is 5.75 Å². The molecule has 2 heterocycles. The Hall–Kier alpha value is -2.04. The highest BCUT2D eigenvalue weighted by atomic mass is 16.5. The standard InChI is InChI=1S/C19H26N2O3/c1-24-17-7-2-5-15(13-17)9-10-18(22)20-11-3-6-16(14-20)21-12-4-8-19(21)23/h2,5,7,13,16H,3-4,6,8-12,14H2,1H3/t16-/m0/s1. The lowest BCUT2D eigenvalue weighted by molar-refractivity contribution is -0.137. The van der Waals surface area contributed by atoms with Crippen LogP contribution in [0.4, 0.5) is 0 Å². The van der Waals surface area contributed by atoms with Gasteiger partial charge in [-0.15, -0.1) is 0 Å². The Morgan fingerprint density at radius 3 is 2.92 bits per heavy atom. The summed E-state index contributed by atoms with van der Waals surface area (Å²) in [5, 5.41) is 0. The van der Waals surface area contributed by atoms with Crippen LogP contribution in [0.25, 0.3) is 0 Å². The van der Waals surface area contributed by atoms with Gasteiger partial charge in [0.05, 0.1) is 7.11 Å². The van der Waals surface area contributed by atoms with Crippen LogP contribution in [0.5, 0.6) is 5.75 Å². The largest absolute Gasteiger partial charge is 0.497 e. The molecule has 2 amide bonds. The van der Waals surface area contributed by atoms with E-state index >= 15 is 0 Å². The van der Waals surface area contributed by atoms with Crippen molar-refractivity contribution in [3.63, 3.8) is 0 Å². The summed E-state index contributed by atoms with van der Waals surface area (Å²) in [7, 11) is 1.65. The number of nitrogens with zero attached hydrogens (tertiary/aromatic N) is 2. The van der Waals surface area contributed by atoms with Gasteiger partial charge >= 0.3 is 0 Å². The molecule has 0 spiro atoms. The summed E-state index contributed by atoms with van der Waals surface area (Å²) in [5.41, 5.74) is 1.12. The monoisotopic (exact) mass is 330 g/mol. The third-order valence-corrected chi connectivity index (χ3v) is 5.06. The van der Waals surface area contributed by atoms with Crippen LogP contribution in [-0.2, 0) is 16.0 Å². The molecule has 0 N–H and O–H groups in total. The van der Waals surface area contributed by atoms with Crippen molar-refractivity contribution in [2.45, 2.75) is 44.6 Å². The summed E-state index contributed by atoms with van der Waals surface area (Å²) in [6.07, 6.45) is 4.86. The van der Waals surface area contributed by atoms with E-state index in [1.807, 2.05) is 34.1 Å². The predicted molar refractivity (Wildman–Crippen MR) is 91.9 cm³/mol. The first-order valence-corrected chi connectivity index (χ1v) is 8.87. The first-order chi connectivity index (χ1) is 11.7. The van der Waals surface area contributed by atoms with Gasteiger partial charge < -0.3 is 14.5 Å². The number of ether oxygens (including phenoxy) is 1. The third-order valence-electron chi connectivity index (χ3n) is 5.06. The Labute approximate surface area is 143 Å². The zero-order valence-corrected chi connectivity index (χ0v) is 14.4. The van der Waals surface area contributed by atoms with Crippen molar-refractivity contribution in [2.75, 3.05) is 26.7 Å². The van der Waals surface area contributed by atoms with E-state index in [1.165, 1.54) is 0 Å². The number of aryl methyl sites for hydroxylation is 1. The maximum Gasteiger partial charge on any atom is 0.222 e. The van der Waals surface area contributed by atoms with E-state index in [9.17, 15) is 9.59 Å². The molecule has 0 radical (unpaired) electrons. The van der Waals surface area contributed by atoms with E-state index in [-0.39, 0.29) is 17.9 Å². The zero-order valence-electron chi connectivity index (χ0n) is 14.4. The molecule has 5 heteroatoms. The van der Waals surface area contributed by atoms with Crippen molar-refractivity contribution in [3.05, 3.63) is 29.8 Å². The lowest BCUT2D eigenvalue weighted by Crippen LogP contribution is -2.50. The lowest BCUT2D eigenvalue weighted by atomic mass is 10.0. The van der Waals surface area contributed by atoms with Gasteiger partial charge in [0.25, 0.3) is 0 Å². The molecule has 2 aliphatic rings. The first-order valence-electron chi connectivity index (χ1n) is 8.87. The van der Waals surface area contributed by atoms with Crippen molar-refractivity contribution >= 4 is 11.8 Å². The summed E-state index contributed by atoms with van der Waals surface area (Å²) < 4.78 is 5.23. The van der Waals surface area contributed by atoms with Crippen LogP contribution in [0.3, 0.4) is 0 Å². The smallest absolute Gasteiger partial charge is 0.222 e. The summed E-state index contributed by atoms with van der Waals surface area (Å²) in [4.78, 5) is 28.4. The average molecular weight is 330 g/mol. The minimum Gasteiger partial charge on any atom is -0.497 e. The van der Waals surface area contributed by atoms with Gasteiger partial charge in [-0.2, -0.15) is 0 Å². The number of carbonyl (C=O) groups is 2. The molecule has 3 rings (SSSR count). The van der Waals surface area contributed by atoms with E-state index in [2.05, 4.69) is 0 Å². The number of hydrogen-bond acceptors (Lipinski definition) is 3. The Morgan fingerprint density at radius 2 is 2.17 bits per heavy atom. The summed E-state index contributed by atoms with van der Waals surface area (Å²) in [6.45, 7) is 2.37. The minimum atomic E-state index is 0.189. The highest BCUT2D eigenvalue weighted by Gasteiger charge is 2.32. The number of likely N-dealkylation sites (tertiary alicyclic amines) is 2. The summed E-state index contributed by atoms with van der Waals surface area (Å²) >= 11 is 0.